The third-order valence-electron chi connectivity index (χ3n) is 2.47. The number of amides is 1. The lowest BCUT2D eigenvalue weighted by Gasteiger charge is -2.25. The minimum Gasteiger partial charge on any atom is -0.382 e. The number of nitrogens with one attached hydrogen (secondary N) is 1. The number of carbonyl (C=O) groups is 1. The standard InChI is InChI=1S/C12H14Cl3NO4S/c1-12(2,6-20-3)16-11(17)8-4-7(13)5-9(10(8)14)21(15,18)19/h4-5H,6H2,1-3H3,(H,16,17). The van der Waals surface area contributed by atoms with E-state index < -0.39 is 25.4 Å². The molecule has 0 aromatic heterocycles. The highest BCUT2D eigenvalue weighted by atomic mass is 35.7. The van der Waals surface area contributed by atoms with Crippen LogP contribution in [0.2, 0.25) is 10.0 Å². The van der Waals surface area contributed by atoms with Gasteiger partial charge in [-0.25, -0.2) is 8.42 Å². The van der Waals surface area contributed by atoms with Gasteiger partial charge >= 0.3 is 0 Å². The highest BCUT2D eigenvalue weighted by Gasteiger charge is 2.26. The van der Waals surface area contributed by atoms with Crippen LogP contribution in [0, 0.1) is 0 Å². The van der Waals surface area contributed by atoms with Gasteiger partial charge in [-0.1, -0.05) is 23.2 Å². The van der Waals surface area contributed by atoms with Gasteiger partial charge < -0.3 is 10.1 Å². The maximum atomic E-state index is 12.2. The summed E-state index contributed by atoms with van der Waals surface area (Å²) in [6.07, 6.45) is 0. The van der Waals surface area contributed by atoms with Crippen LogP contribution in [0.5, 0.6) is 0 Å². The molecule has 0 aliphatic heterocycles. The van der Waals surface area contributed by atoms with Crippen molar-refractivity contribution in [1.82, 2.24) is 5.32 Å². The van der Waals surface area contributed by atoms with E-state index in [4.69, 9.17) is 38.6 Å². The van der Waals surface area contributed by atoms with Gasteiger partial charge in [-0.2, -0.15) is 0 Å². The molecular formula is C12H14Cl3NO4S. The Kier molecular flexibility index (Phi) is 5.91. The molecule has 0 fully saturated rings. The van der Waals surface area contributed by atoms with Crippen molar-refractivity contribution in [3.8, 4) is 0 Å². The zero-order chi connectivity index (χ0) is 16.4. The fraction of sp³-hybridized carbons (Fsp3) is 0.417. The van der Waals surface area contributed by atoms with Crippen LogP contribution < -0.4 is 5.32 Å². The average molecular weight is 375 g/mol. The van der Waals surface area contributed by atoms with E-state index in [1.54, 1.807) is 13.8 Å². The Labute approximate surface area is 137 Å². The summed E-state index contributed by atoms with van der Waals surface area (Å²) in [4.78, 5) is 11.8. The van der Waals surface area contributed by atoms with Crippen molar-refractivity contribution in [3.05, 3.63) is 27.7 Å². The van der Waals surface area contributed by atoms with Gasteiger partial charge in [0.1, 0.15) is 4.90 Å². The second-order valence-electron chi connectivity index (χ2n) is 4.97. The smallest absolute Gasteiger partial charge is 0.262 e. The van der Waals surface area contributed by atoms with E-state index >= 15 is 0 Å². The first-order valence-electron chi connectivity index (χ1n) is 5.73. The Bertz CT molecular complexity index is 659. The van der Waals surface area contributed by atoms with Crippen LogP contribution in [-0.4, -0.2) is 33.6 Å². The zero-order valence-electron chi connectivity index (χ0n) is 11.5. The highest BCUT2D eigenvalue weighted by Crippen LogP contribution is 2.31. The number of ether oxygens (including phenoxy) is 1. The molecule has 0 atom stereocenters. The van der Waals surface area contributed by atoms with Crippen molar-refractivity contribution in [3.63, 3.8) is 0 Å². The summed E-state index contributed by atoms with van der Waals surface area (Å²) in [5, 5.41) is 2.43. The van der Waals surface area contributed by atoms with E-state index in [0.717, 1.165) is 6.07 Å². The maximum absolute atomic E-state index is 12.2. The lowest BCUT2D eigenvalue weighted by Crippen LogP contribution is -2.46. The number of rotatable bonds is 5. The quantitative estimate of drug-likeness (QED) is 0.804. The molecule has 1 amide bonds. The first-order valence-corrected chi connectivity index (χ1v) is 8.79. The molecule has 0 saturated heterocycles. The van der Waals surface area contributed by atoms with Crippen LogP contribution in [0.4, 0.5) is 0 Å². The molecule has 0 bridgehead atoms. The minimum atomic E-state index is -4.11. The number of hydrogen-bond acceptors (Lipinski definition) is 4. The second-order valence-corrected chi connectivity index (χ2v) is 8.32. The topological polar surface area (TPSA) is 72.5 Å². The molecule has 0 spiro atoms. The monoisotopic (exact) mass is 373 g/mol. The Hall–Kier alpha value is -0.530. The molecule has 0 aliphatic carbocycles. The number of carbonyl (C=O) groups excluding carboxylic acids is 1. The Balaban J connectivity index is 3.26. The van der Waals surface area contributed by atoms with Crippen molar-refractivity contribution in [1.29, 1.82) is 0 Å². The molecule has 1 N–H and O–H groups in total. The number of hydrogen-bond donors (Lipinski definition) is 1. The molecule has 0 aliphatic rings. The van der Waals surface area contributed by atoms with Crippen molar-refractivity contribution < 1.29 is 17.9 Å². The Morgan fingerprint density at radius 3 is 2.38 bits per heavy atom. The predicted molar refractivity (Wildman–Crippen MR) is 82.9 cm³/mol. The summed E-state index contributed by atoms with van der Waals surface area (Å²) in [6, 6.07) is 2.36. The van der Waals surface area contributed by atoms with Gasteiger partial charge in [0.05, 0.1) is 22.7 Å². The predicted octanol–water partition coefficient (Wildman–Crippen LogP) is 3.08. The molecular weight excluding hydrogens is 361 g/mol. The lowest BCUT2D eigenvalue weighted by molar-refractivity contribution is 0.0820. The zero-order valence-corrected chi connectivity index (χ0v) is 14.6. The second kappa shape index (κ2) is 6.71. The van der Waals surface area contributed by atoms with Crippen LogP contribution in [0.1, 0.15) is 24.2 Å². The molecule has 1 rings (SSSR count). The van der Waals surface area contributed by atoms with Gasteiger partial charge in [-0.3, -0.25) is 4.79 Å². The summed E-state index contributed by atoms with van der Waals surface area (Å²) in [7, 11) is 2.66. The average Bonchev–Trinajstić information content (AvgIpc) is 2.29. The van der Waals surface area contributed by atoms with Crippen LogP contribution in [0.15, 0.2) is 17.0 Å². The van der Waals surface area contributed by atoms with Gasteiger partial charge in [0, 0.05) is 22.8 Å². The van der Waals surface area contributed by atoms with Gasteiger partial charge in [-0.05, 0) is 26.0 Å². The molecule has 9 heteroatoms. The fourth-order valence-electron chi connectivity index (χ4n) is 1.68. The minimum absolute atomic E-state index is 0.0355. The van der Waals surface area contributed by atoms with Gasteiger partial charge in [0.15, 0.2) is 0 Å². The molecule has 0 saturated carbocycles. The van der Waals surface area contributed by atoms with Crippen molar-refractivity contribution in [2.24, 2.45) is 0 Å². The van der Waals surface area contributed by atoms with Crippen molar-refractivity contribution >= 4 is 48.8 Å². The number of benzene rings is 1. The Morgan fingerprint density at radius 1 is 1.33 bits per heavy atom. The summed E-state index contributed by atoms with van der Waals surface area (Å²) >= 11 is 11.8. The van der Waals surface area contributed by atoms with E-state index in [1.807, 2.05) is 0 Å². The van der Waals surface area contributed by atoms with Crippen LogP contribution in [0.3, 0.4) is 0 Å². The Morgan fingerprint density at radius 2 is 1.90 bits per heavy atom. The summed E-state index contributed by atoms with van der Waals surface area (Å²) in [6.45, 7) is 3.75. The summed E-state index contributed by atoms with van der Waals surface area (Å²) < 4.78 is 27.9. The van der Waals surface area contributed by atoms with Crippen LogP contribution in [0.25, 0.3) is 0 Å². The normalized spacial score (nSPS) is 12.3. The largest absolute Gasteiger partial charge is 0.382 e. The first kappa shape index (κ1) is 18.5. The molecule has 1 aromatic rings. The fourth-order valence-corrected chi connectivity index (χ4v) is 3.54. The van der Waals surface area contributed by atoms with E-state index in [-0.39, 0.29) is 22.2 Å². The van der Waals surface area contributed by atoms with Crippen LogP contribution in [-0.2, 0) is 13.8 Å². The van der Waals surface area contributed by atoms with E-state index in [9.17, 15) is 13.2 Å². The number of halogens is 3. The van der Waals surface area contributed by atoms with E-state index in [0.29, 0.717) is 0 Å². The van der Waals surface area contributed by atoms with Crippen molar-refractivity contribution in [2.45, 2.75) is 24.3 Å². The summed E-state index contributed by atoms with van der Waals surface area (Å²) in [5.74, 6) is -0.578. The van der Waals surface area contributed by atoms with Crippen LogP contribution >= 0.6 is 33.9 Å². The molecule has 0 unspecified atom stereocenters. The molecule has 118 valence electrons. The van der Waals surface area contributed by atoms with Gasteiger partial charge in [0.2, 0.25) is 0 Å². The molecule has 5 nitrogen and oxygen atoms in total. The maximum Gasteiger partial charge on any atom is 0.262 e. The molecule has 0 radical (unpaired) electrons. The molecule has 21 heavy (non-hydrogen) atoms. The summed E-state index contributed by atoms with van der Waals surface area (Å²) in [5.41, 5.74) is -0.745. The number of methoxy groups -OCH3 is 1. The third kappa shape index (κ3) is 5.00. The van der Waals surface area contributed by atoms with Gasteiger partial charge in [0.25, 0.3) is 15.0 Å². The third-order valence-corrected chi connectivity index (χ3v) is 4.55. The van der Waals surface area contributed by atoms with E-state index in [2.05, 4.69) is 5.32 Å². The van der Waals surface area contributed by atoms with E-state index in [1.165, 1.54) is 13.2 Å². The molecule has 1 aromatic carbocycles. The highest BCUT2D eigenvalue weighted by molar-refractivity contribution is 8.13. The molecule has 0 heterocycles. The van der Waals surface area contributed by atoms with Gasteiger partial charge in [-0.15, -0.1) is 0 Å². The lowest BCUT2D eigenvalue weighted by atomic mass is 10.1. The first-order chi connectivity index (χ1) is 9.48. The SMILES string of the molecule is COCC(C)(C)NC(=O)c1cc(Cl)cc(S(=O)(=O)Cl)c1Cl. The van der Waals surface area contributed by atoms with Crippen molar-refractivity contribution in [2.75, 3.05) is 13.7 Å².